The average molecular weight is 311 g/mol. The van der Waals surface area contributed by atoms with Crippen molar-refractivity contribution in [3.8, 4) is 0 Å². The fourth-order valence-electron chi connectivity index (χ4n) is 2.83. The number of carboxylic acid groups (broad SMARTS) is 1. The van der Waals surface area contributed by atoms with E-state index < -0.39 is 28.8 Å². The summed E-state index contributed by atoms with van der Waals surface area (Å²) in [5, 5.41) is 11.5. The van der Waals surface area contributed by atoms with Gasteiger partial charge in [0.25, 0.3) is 5.91 Å². The highest BCUT2D eigenvalue weighted by atomic mass is 19.3. The Balaban J connectivity index is 2.06. The van der Waals surface area contributed by atoms with Gasteiger partial charge in [-0.25, -0.2) is 0 Å². The molecule has 0 heterocycles. The van der Waals surface area contributed by atoms with Gasteiger partial charge >= 0.3 is 11.9 Å². The maximum atomic E-state index is 14.1. The number of carbonyl (C=O) groups is 2. The van der Waals surface area contributed by atoms with E-state index in [9.17, 15) is 23.5 Å². The van der Waals surface area contributed by atoms with Crippen LogP contribution in [0.1, 0.15) is 37.7 Å². The second-order valence-corrected chi connectivity index (χ2v) is 5.77. The summed E-state index contributed by atoms with van der Waals surface area (Å²) in [7, 11) is 0. The first-order valence-corrected chi connectivity index (χ1v) is 7.33. The molecule has 120 valence electrons. The summed E-state index contributed by atoms with van der Waals surface area (Å²) >= 11 is 0. The number of amides is 1. The molecule has 22 heavy (non-hydrogen) atoms. The largest absolute Gasteiger partial charge is 0.481 e. The first kappa shape index (κ1) is 16.4. The van der Waals surface area contributed by atoms with Gasteiger partial charge in [-0.3, -0.25) is 9.59 Å². The van der Waals surface area contributed by atoms with Crippen molar-refractivity contribution in [3.05, 3.63) is 35.9 Å². The average Bonchev–Trinajstić information content (AvgIpc) is 2.54. The number of nitrogens with one attached hydrogen (secondary N) is 1. The van der Waals surface area contributed by atoms with Gasteiger partial charge in [-0.1, -0.05) is 49.6 Å². The fourth-order valence-corrected chi connectivity index (χ4v) is 2.83. The molecular weight excluding hydrogens is 292 g/mol. The first-order chi connectivity index (χ1) is 10.4. The first-order valence-electron chi connectivity index (χ1n) is 7.33. The number of aliphatic carboxylic acids is 1. The SMILES string of the molecule is O=C(O)C1(CNC(=O)C(F)(F)c2ccccc2)CCCCC1. The molecule has 2 rings (SSSR count). The molecule has 0 bridgehead atoms. The number of carboxylic acids is 1. The number of rotatable bonds is 5. The fraction of sp³-hybridized carbons (Fsp3) is 0.500. The number of hydrogen-bond donors (Lipinski definition) is 2. The predicted molar refractivity (Wildman–Crippen MR) is 76.5 cm³/mol. The van der Waals surface area contributed by atoms with E-state index in [0.29, 0.717) is 12.8 Å². The Hall–Kier alpha value is -1.98. The summed E-state index contributed by atoms with van der Waals surface area (Å²) in [5.41, 5.74) is -1.53. The van der Waals surface area contributed by atoms with Crippen LogP contribution in [0.2, 0.25) is 0 Å². The van der Waals surface area contributed by atoms with Gasteiger partial charge in [-0.05, 0) is 12.8 Å². The number of carbonyl (C=O) groups excluding carboxylic acids is 1. The maximum absolute atomic E-state index is 14.1. The molecule has 1 saturated carbocycles. The molecule has 0 atom stereocenters. The Kier molecular flexibility index (Phi) is 4.78. The third-order valence-electron chi connectivity index (χ3n) is 4.27. The lowest BCUT2D eigenvalue weighted by Crippen LogP contribution is -2.48. The second kappa shape index (κ2) is 6.42. The topological polar surface area (TPSA) is 66.4 Å². The molecule has 0 unspecified atom stereocenters. The molecule has 0 aliphatic heterocycles. The lowest BCUT2D eigenvalue weighted by molar-refractivity contribution is -0.153. The van der Waals surface area contributed by atoms with E-state index in [0.717, 1.165) is 19.3 Å². The van der Waals surface area contributed by atoms with Gasteiger partial charge in [0.1, 0.15) is 0 Å². The van der Waals surface area contributed by atoms with E-state index >= 15 is 0 Å². The van der Waals surface area contributed by atoms with Gasteiger partial charge in [-0.15, -0.1) is 0 Å². The second-order valence-electron chi connectivity index (χ2n) is 5.77. The van der Waals surface area contributed by atoms with Gasteiger partial charge in [0.05, 0.1) is 5.41 Å². The Bertz CT molecular complexity index is 540. The third kappa shape index (κ3) is 3.26. The van der Waals surface area contributed by atoms with Crippen molar-refractivity contribution in [2.24, 2.45) is 5.41 Å². The molecule has 1 aliphatic rings. The molecule has 4 nitrogen and oxygen atoms in total. The van der Waals surface area contributed by atoms with Crippen molar-refractivity contribution in [2.45, 2.75) is 38.0 Å². The van der Waals surface area contributed by atoms with Crippen LogP contribution in [0.3, 0.4) is 0 Å². The van der Waals surface area contributed by atoms with Gasteiger partial charge in [0.15, 0.2) is 0 Å². The van der Waals surface area contributed by atoms with Crippen LogP contribution in [0, 0.1) is 5.41 Å². The van der Waals surface area contributed by atoms with Crippen LogP contribution < -0.4 is 5.32 Å². The zero-order valence-corrected chi connectivity index (χ0v) is 12.1. The van der Waals surface area contributed by atoms with E-state index in [-0.39, 0.29) is 6.54 Å². The minimum absolute atomic E-state index is 0.260. The smallest absolute Gasteiger partial charge is 0.349 e. The van der Waals surface area contributed by atoms with Crippen LogP contribution in [0.4, 0.5) is 8.78 Å². The lowest BCUT2D eigenvalue weighted by atomic mass is 9.74. The van der Waals surface area contributed by atoms with Crippen LogP contribution in [0.5, 0.6) is 0 Å². The van der Waals surface area contributed by atoms with Crippen molar-refractivity contribution in [3.63, 3.8) is 0 Å². The van der Waals surface area contributed by atoms with E-state index in [2.05, 4.69) is 5.32 Å². The van der Waals surface area contributed by atoms with Gasteiger partial charge in [0.2, 0.25) is 0 Å². The van der Waals surface area contributed by atoms with Crippen molar-refractivity contribution in [1.82, 2.24) is 5.32 Å². The molecule has 6 heteroatoms. The number of benzene rings is 1. The van der Waals surface area contributed by atoms with Gasteiger partial charge in [0, 0.05) is 12.1 Å². The van der Waals surface area contributed by atoms with Crippen molar-refractivity contribution in [1.29, 1.82) is 0 Å². The minimum Gasteiger partial charge on any atom is -0.481 e. The molecule has 0 aromatic heterocycles. The van der Waals surface area contributed by atoms with Crippen LogP contribution in [0.15, 0.2) is 30.3 Å². The minimum atomic E-state index is -3.67. The standard InChI is InChI=1S/C16H19F2NO3/c17-16(18,12-7-3-1-4-8-12)13(20)19-11-15(14(21)22)9-5-2-6-10-15/h1,3-4,7-8H,2,5-6,9-11H2,(H,19,20)(H,21,22). The molecule has 1 aromatic rings. The molecule has 0 saturated heterocycles. The van der Waals surface area contributed by atoms with Crippen LogP contribution in [0.25, 0.3) is 0 Å². The van der Waals surface area contributed by atoms with E-state index in [1.54, 1.807) is 6.07 Å². The normalized spacial score (nSPS) is 17.7. The summed E-state index contributed by atoms with van der Waals surface area (Å²) in [6.07, 6.45) is 3.21. The summed E-state index contributed by atoms with van der Waals surface area (Å²) in [5.74, 6) is -6.16. The molecule has 1 aliphatic carbocycles. The summed E-state index contributed by atoms with van der Waals surface area (Å²) in [4.78, 5) is 23.3. The highest BCUT2D eigenvalue weighted by molar-refractivity contribution is 5.85. The molecule has 0 spiro atoms. The predicted octanol–water partition coefficient (Wildman–Crippen LogP) is 2.93. The highest BCUT2D eigenvalue weighted by Crippen LogP contribution is 2.36. The Morgan fingerprint density at radius 1 is 1.14 bits per heavy atom. The van der Waals surface area contributed by atoms with E-state index in [1.165, 1.54) is 24.3 Å². The molecule has 1 fully saturated rings. The molecular formula is C16H19F2NO3. The van der Waals surface area contributed by atoms with E-state index in [4.69, 9.17) is 0 Å². The number of hydrogen-bond acceptors (Lipinski definition) is 2. The third-order valence-corrected chi connectivity index (χ3v) is 4.27. The highest BCUT2D eigenvalue weighted by Gasteiger charge is 2.44. The maximum Gasteiger partial charge on any atom is 0.349 e. The number of alkyl halides is 2. The molecule has 1 amide bonds. The Morgan fingerprint density at radius 3 is 2.27 bits per heavy atom. The molecule has 1 aromatic carbocycles. The zero-order valence-electron chi connectivity index (χ0n) is 12.1. The van der Waals surface area contributed by atoms with Crippen molar-refractivity contribution < 1.29 is 23.5 Å². The van der Waals surface area contributed by atoms with Gasteiger partial charge < -0.3 is 10.4 Å². The van der Waals surface area contributed by atoms with Crippen molar-refractivity contribution >= 4 is 11.9 Å². The Labute approximate surface area is 127 Å². The van der Waals surface area contributed by atoms with Crippen LogP contribution in [-0.4, -0.2) is 23.5 Å². The summed E-state index contributed by atoms with van der Waals surface area (Å²) in [6, 6.07) is 6.78. The Morgan fingerprint density at radius 2 is 1.73 bits per heavy atom. The van der Waals surface area contributed by atoms with Gasteiger partial charge in [-0.2, -0.15) is 8.78 Å². The van der Waals surface area contributed by atoms with Crippen LogP contribution >= 0.6 is 0 Å². The quantitative estimate of drug-likeness (QED) is 0.878. The monoisotopic (exact) mass is 311 g/mol. The molecule has 2 N–H and O–H groups in total. The van der Waals surface area contributed by atoms with Crippen molar-refractivity contribution in [2.75, 3.05) is 6.54 Å². The zero-order chi connectivity index (χ0) is 16.2. The van der Waals surface area contributed by atoms with E-state index in [1.807, 2.05) is 0 Å². The van der Waals surface area contributed by atoms with Crippen LogP contribution in [-0.2, 0) is 15.5 Å². The number of halogens is 2. The summed E-state index contributed by atoms with van der Waals surface area (Å²) < 4.78 is 28.1. The summed E-state index contributed by atoms with van der Waals surface area (Å²) in [6.45, 7) is -0.260. The molecule has 0 radical (unpaired) electrons. The lowest BCUT2D eigenvalue weighted by Gasteiger charge is -2.33.